The fraction of sp³-hybridized carbons (Fsp3) is 0.474. The SMILES string of the molecule is Cc1c(-c2[nH]nc3nc(N4CCC5(CCC5N)CC4)cnc23)ccnc1N. The van der Waals surface area contributed by atoms with Gasteiger partial charge in [0.2, 0.25) is 5.65 Å². The highest BCUT2D eigenvalue weighted by Gasteiger charge is 2.46. The first-order valence-corrected chi connectivity index (χ1v) is 9.50. The Balaban J connectivity index is 1.43. The summed E-state index contributed by atoms with van der Waals surface area (Å²) in [6, 6.07) is 2.29. The molecule has 1 saturated heterocycles. The number of H-pyrrole nitrogens is 1. The fourth-order valence-electron chi connectivity index (χ4n) is 4.47. The van der Waals surface area contributed by atoms with Crippen molar-refractivity contribution in [1.29, 1.82) is 0 Å². The number of pyridine rings is 1. The molecule has 8 heteroatoms. The highest BCUT2D eigenvalue weighted by molar-refractivity contribution is 5.89. The monoisotopic (exact) mass is 364 g/mol. The molecule has 3 aromatic heterocycles. The third-order valence-corrected chi connectivity index (χ3v) is 6.59. The maximum Gasteiger partial charge on any atom is 0.202 e. The van der Waals surface area contributed by atoms with Gasteiger partial charge in [-0.25, -0.2) is 15.0 Å². The Kier molecular flexibility index (Phi) is 3.58. The minimum Gasteiger partial charge on any atom is -0.383 e. The molecule has 0 aromatic carbocycles. The molecule has 0 amide bonds. The normalized spacial score (nSPS) is 21.6. The van der Waals surface area contributed by atoms with Crippen LogP contribution < -0.4 is 16.4 Å². The minimum absolute atomic E-state index is 0.367. The predicted molar refractivity (Wildman–Crippen MR) is 105 cm³/mol. The average molecular weight is 364 g/mol. The number of aromatic nitrogens is 5. The van der Waals surface area contributed by atoms with Crippen molar-refractivity contribution in [3.63, 3.8) is 0 Å². The van der Waals surface area contributed by atoms with Gasteiger partial charge >= 0.3 is 0 Å². The van der Waals surface area contributed by atoms with Crippen LogP contribution in [-0.2, 0) is 0 Å². The number of hydrogen-bond donors (Lipinski definition) is 3. The van der Waals surface area contributed by atoms with Crippen LogP contribution in [0.1, 0.15) is 31.2 Å². The minimum atomic E-state index is 0.367. The average Bonchev–Trinajstić information content (AvgIpc) is 3.12. The number of aromatic amines is 1. The van der Waals surface area contributed by atoms with Crippen LogP contribution in [0.15, 0.2) is 18.5 Å². The van der Waals surface area contributed by atoms with Gasteiger partial charge in [0.1, 0.15) is 17.2 Å². The number of fused-ring (bicyclic) bond motifs is 1. The van der Waals surface area contributed by atoms with Gasteiger partial charge in [0.25, 0.3) is 0 Å². The van der Waals surface area contributed by atoms with E-state index in [-0.39, 0.29) is 0 Å². The van der Waals surface area contributed by atoms with Crippen LogP contribution in [0.25, 0.3) is 22.4 Å². The Morgan fingerprint density at radius 3 is 2.74 bits per heavy atom. The molecule has 1 spiro atoms. The maximum atomic E-state index is 6.25. The molecule has 3 aromatic rings. The molecule has 5 N–H and O–H groups in total. The van der Waals surface area contributed by atoms with Crippen molar-refractivity contribution in [2.75, 3.05) is 23.7 Å². The van der Waals surface area contributed by atoms with E-state index in [4.69, 9.17) is 16.5 Å². The van der Waals surface area contributed by atoms with Gasteiger partial charge in [-0.3, -0.25) is 5.10 Å². The number of nitrogens with two attached hydrogens (primary N) is 2. The van der Waals surface area contributed by atoms with E-state index < -0.39 is 0 Å². The molecule has 2 aliphatic rings. The molecule has 5 rings (SSSR count). The zero-order valence-corrected chi connectivity index (χ0v) is 15.4. The lowest BCUT2D eigenvalue weighted by Gasteiger charge is -2.52. The van der Waals surface area contributed by atoms with Crippen LogP contribution in [0.4, 0.5) is 11.6 Å². The van der Waals surface area contributed by atoms with Crippen LogP contribution in [0, 0.1) is 12.3 Å². The van der Waals surface area contributed by atoms with Gasteiger partial charge in [-0.2, -0.15) is 5.10 Å². The van der Waals surface area contributed by atoms with Crippen molar-refractivity contribution in [3.8, 4) is 11.3 Å². The first-order valence-electron chi connectivity index (χ1n) is 9.50. The molecule has 1 aliphatic carbocycles. The lowest BCUT2D eigenvalue weighted by atomic mass is 9.60. The molecular formula is C19H24N8. The van der Waals surface area contributed by atoms with Gasteiger partial charge < -0.3 is 16.4 Å². The van der Waals surface area contributed by atoms with Crippen LogP contribution in [-0.4, -0.2) is 44.3 Å². The summed E-state index contributed by atoms with van der Waals surface area (Å²) in [5.74, 6) is 1.39. The summed E-state index contributed by atoms with van der Waals surface area (Å²) in [5, 5.41) is 7.45. The van der Waals surface area contributed by atoms with Crippen LogP contribution >= 0.6 is 0 Å². The van der Waals surface area contributed by atoms with E-state index in [9.17, 15) is 0 Å². The van der Waals surface area contributed by atoms with Gasteiger partial charge in [0.05, 0.1) is 11.9 Å². The molecule has 8 nitrogen and oxygen atoms in total. The second-order valence-electron chi connectivity index (χ2n) is 7.86. The third kappa shape index (κ3) is 2.47. The summed E-state index contributed by atoms with van der Waals surface area (Å²) in [5.41, 5.74) is 16.6. The quantitative estimate of drug-likeness (QED) is 0.635. The van der Waals surface area contributed by atoms with Crippen molar-refractivity contribution in [2.45, 2.75) is 38.6 Å². The van der Waals surface area contributed by atoms with E-state index in [1.54, 1.807) is 6.20 Å². The molecule has 1 unspecified atom stereocenters. The molecule has 140 valence electrons. The molecule has 1 atom stereocenters. The highest BCUT2D eigenvalue weighted by atomic mass is 15.2. The summed E-state index contributed by atoms with van der Waals surface area (Å²) < 4.78 is 0. The number of hydrogen-bond acceptors (Lipinski definition) is 7. The Hall–Kier alpha value is -2.74. The summed E-state index contributed by atoms with van der Waals surface area (Å²) >= 11 is 0. The number of anilines is 2. The lowest BCUT2D eigenvalue weighted by Crippen LogP contribution is -2.56. The third-order valence-electron chi connectivity index (χ3n) is 6.59. The number of rotatable bonds is 2. The highest BCUT2D eigenvalue weighted by Crippen LogP contribution is 2.48. The van der Waals surface area contributed by atoms with E-state index in [1.165, 1.54) is 12.8 Å². The second-order valence-corrected chi connectivity index (χ2v) is 7.86. The van der Waals surface area contributed by atoms with E-state index in [2.05, 4.69) is 25.1 Å². The number of piperidine rings is 1. The zero-order valence-electron chi connectivity index (χ0n) is 15.4. The Morgan fingerprint density at radius 2 is 2.04 bits per heavy atom. The van der Waals surface area contributed by atoms with Gasteiger partial charge in [-0.15, -0.1) is 0 Å². The smallest absolute Gasteiger partial charge is 0.202 e. The number of nitrogens with one attached hydrogen (secondary N) is 1. The summed E-state index contributed by atoms with van der Waals surface area (Å²) in [7, 11) is 0. The predicted octanol–water partition coefficient (Wildman–Crippen LogP) is 2.01. The van der Waals surface area contributed by atoms with Crippen molar-refractivity contribution < 1.29 is 0 Å². The van der Waals surface area contributed by atoms with E-state index >= 15 is 0 Å². The number of nitrogens with zero attached hydrogens (tertiary/aromatic N) is 5. The Bertz CT molecular complexity index is 1000. The van der Waals surface area contributed by atoms with Crippen molar-refractivity contribution in [1.82, 2.24) is 25.1 Å². The summed E-state index contributed by atoms with van der Waals surface area (Å²) in [6.45, 7) is 3.90. The van der Waals surface area contributed by atoms with Gasteiger partial charge in [0.15, 0.2) is 0 Å². The van der Waals surface area contributed by atoms with Crippen molar-refractivity contribution >= 4 is 22.8 Å². The topological polar surface area (TPSA) is 123 Å². The number of nitrogen functional groups attached to an aromatic ring is 1. The molecular weight excluding hydrogens is 340 g/mol. The molecule has 27 heavy (non-hydrogen) atoms. The van der Waals surface area contributed by atoms with Gasteiger partial charge in [-0.1, -0.05) is 0 Å². The molecule has 1 saturated carbocycles. The van der Waals surface area contributed by atoms with Gasteiger partial charge in [-0.05, 0) is 44.1 Å². The molecule has 2 fully saturated rings. The van der Waals surface area contributed by atoms with Crippen LogP contribution in [0.2, 0.25) is 0 Å². The van der Waals surface area contributed by atoms with Crippen molar-refractivity contribution in [3.05, 3.63) is 24.0 Å². The molecule has 0 radical (unpaired) electrons. The summed E-state index contributed by atoms with van der Waals surface area (Å²) in [6.07, 6.45) is 8.25. The second kappa shape index (κ2) is 5.88. The van der Waals surface area contributed by atoms with E-state index in [0.717, 1.165) is 54.1 Å². The van der Waals surface area contributed by atoms with Crippen molar-refractivity contribution in [2.24, 2.45) is 11.1 Å². The molecule has 1 aliphatic heterocycles. The summed E-state index contributed by atoms with van der Waals surface area (Å²) in [4.78, 5) is 15.8. The van der Waals surface area contributed by atoms with Crippen LogP contribution in [0.5, 0.6) is 0 Å². The zero-order chi connectivity index (χ0) is 18.6. The first-order chi connectivity index (χ1) is 13.1. The lowest BCUT2D eigenvalue weighted by molar-refractivity contribution is 0.0610. The van der Waals surface area contributed by atoms with E-state index in [0.29, 0.717) is 22.9 Å². The van der Waals surface area contributed by atoms with Gasteiger partial charge in [0, 0.05) is 36.5 Å². The first kappa shape index (κ1) is 16.4. The van der Waals surface area contributed by atoms with E-state index in [1.807, 2.05) is 19.2 Å². The molecule has 0 bridgehead atoms. The Morgan fingerprint density at radius 1 is 1.22 bits per heavy atom. The standard InChI is InChI=1S/C19H24N8/c1-11-12(3-7-22-17(11)21)15-16-18(26-25-15)24-14(10-23-16)27-8-5-19(6-9-27)4-2-13(19)20/h3,7,10,13H,2,4-6,8-9,20H2,1H3,(H2,21,22)(H,24,25,26). The largest absolute Gasteiger partial charge is 0.383 e. The maximum absolute atomic E-state index is 6.25. The Labute approximate surface area is 157 Å². The fourth-order valence-corrected chi connectivity index (χ4v) is 4.47. The molecule has 4 heterocycles. The van der Waals surface area contributed by atoms with Crippen LogP contribution in [0.3, 0.4) is 0 Å².